The van der Waals surface area contributed by atoms with E-state index in [0.29, 0.717) is 18.1 Å². The zero-order valence-electron chi connectivity index (χ0n) is 10.9. The van der Waals surface area contributed by atoms with Crippen LogP contribution in [-0.2, 0) is 13.0 Å². The van der Waals surface area contributed by atoms with Crippen LogP contribution in [0.5, 0.6) is 0 Å². The van der Waals surface area contributed by atoms with Gasteiger partial charge in [-0.05, 0) is 19.9 Å². The number of rotatable bonds is 3. The number of nitrogens with zero attached hydrogens (tertiary/aromatic N) is 2. The summed E-state index contributed by atoms with van der Waals surface area (Å²) in [6.07, 6.45) is 3.59. The molecular formula is C13H21N3O. The summed E-state index contributed by atoms with van der Waals surface area (Å²) in [5.74, 6) is 1.14. The first-order chi connectivity index (χ1) is 8.16. The topological polar surface area (TPSA) is 41.3 Å². The Morgan fingerprint density at radius 1 is 1.47 bits per heavy atom. The molecule has 94 valence electrons. The highest BCUT2D eigenvalue weighted by atomic mass is 16.5. The van der Waals surface area contributed by atoms with Crippen LogP contribution in [0.1, 0.15) is 49.7 Å². The SMILES string of the molecule is CC(C)NCc1noc2c1C1CCC(C2)N1C. The van der Waals surface area contributed by atoms with Crippen LogP contribution in [0.4, 0.5) is 0 Å². The summed E-state index contributed by atoms with van der Waals surface area (Å²) >= 11 is 0. The number of hydrogen-bond acceptors (Lipinski definition) is 4. The van der Waals surface area contributed by atoms with E-state index in [9.17, 15) is 0 Å². The number of nitrogens with one attached hydrogen (secondary N) is 1. The zero-order chi connectivity index (χ0) is 12.0. The van der Waals surface area contributed by atoms with E-state index in [1.165, 1.54) is 18.4 Å². The van der Waals surface area contributed by atoms with Gasteiger partial charge in [0, 0.05) is 36.7 Å². The molecule has 2 aliphatic heterocycles. The van der Waals surface area contributed by atoms with Gasteiger partial charge in [0.25, 0.3) is 0 Å². The maximum Gasteiger partial charge on any atom is 0.143 e. The summed E-state index contributed by atoms with van der Waals surface area (Å²) in [5, 5.41) is 7.69. The highest BCUT2D eigenvalue weighted by Gasteiger charge is 2.41. The number of hydrogen-bond donors (Lipinski definition) is 1. The second-order valence-electron chi connectivity index (χ2n) is 5.62. The first kappa shape index (κ1) is 11.2. The van der Waals surface area contributed by atoms with E-state index in [1.54, 1.807) is 0 Å². The molecule has 1 saturated heterocycles. The monoisotopic (exact) mass is 235 g/mol. The maximum absolute atomic E-state index is 5.53. The van der Waals surface area contributed by atoms with Gasteiger partial charge in [0.15, 0.2) is 0 Å². The molecular weight excluding hydrogens is 214 g/mol. The van der Waals surface area contributed by atoms with E-state index in [2.05, 4.69) is 36.3 Å². The predicted octanol–water partition coefficient (Wildman–Crippen LogP) is 1.86. The summed E-state index contributed by atoms with van der Waals surface area (Å²) in [5.41, 5.74) is 2.49. The Hall–Kier alpha value is -0.870. The van der Waals surface area contributed by atoms with Gasteiger partial charge in [-0.2, -0.15) is 0 Å². The van der Waals surface area contributed by atoms with E-state index in [-0.39, 0.29) is 0 Å². The molecule has 0 spiro atoms. The van der Waals surface area contributed by atoms with Crippen LogP contribution in [0, 0.1) is 0 Å². The van der Waals surface area contributed by atoms with E-state index >= 15 is 0 Å². The number of aromatic nitrogens is 1. The quantitative estimate of drug-likeness (QED) is 0.868. The molecule has 2 aliphatic rings. The molecule has 4 heteroatoms. The molecule has 2 unspecified atom stereocenters. The Labute approximate surface area is 102 Å². The molecule has 0 radical (unpaired) electrons. The standard InChI is InChI=1S/C13H21N3O/c1-8(2)14-7-10-13-11-5-4-9(16(11)3)6-12(13)17-15-10/h8-9,11,14H,4-7H2,1-3H3. The molecule has 2 atom stereocenters. The van der Waals surface area contributed by atoms with Gasteiger partial charge < -0.3 is 9.84 Å². The van der Waals surface area contributed by atoms with Gasteiger partial charge in [0.05, 0.1) is 0 Å². The van der Waals surface area contributed by atoms with Gasteiger partial charge in [-0.3, -0.25) is 4.90 Å². The molecule has 0 aliphatic carbocycles. The normalized spacial score (nSPS) is 27.8. The fourth-order valence-electron chi connectivity index (χ4n) is 3.14. The first-order valence-corrected chi connectivity index (χ1v) is 6.59. The van der Waals surface area contributed by atoms with E-state index in [0.717, 1.165) is 24.4 Å². The Balaban J connectivity index is 1.87. The second-order valence-corrected chi connectivity index (χ2v) is 5.62. The minimum absolute atomic E-state index is 0.486. The van der Waals surface area contributed by atoms with E-state index in [4.69, 9.17) is 4.52 Å². The first-order valence-electron chi connectivity index (χ1n) is 6.59. The Morgan fingerprint density at radius 3 is 3.06 bits per heavy atom. The smallest absolute Gasteiger partial charge is 0.143 e. The van der Waals surface area contributed by atoms with Gasteiger partial charge in [0.1, 0.15) is 11.5 Å². The van der Waals surface area contributed by atoms with Crippen molar-refractivity contribution in [2.24, 2.45) is 0 Å². The Bertz CT molecular complexity index is 413. The average Bonchev–Trinajstić information content (AvgIpc) is 2.77. The minimum atomic E-state index is 0.486. The van der Waals surface area contributed by atoms with E-state index in [1.807, 2.05) is 0 Å². The second kappa shape index (κ2) is 4.10. The van der Waals surface area contributed by atoms with Crippen LogP contribution >= 0.6 is 0 Å². The summed E-state index contributed by atoms with van der Waals surface area (Å²) in [4.78, 5) is 2.50. The van der Waals surface area contributed by atoms with Gasteiger partial charge in [-0.25, -0.2) is 0 Å². The zero-order valence-corrected chi connectivity index (χ0v) is 10.9. The molecule has 1 aromatic heterocycles. The van der Waals surface area contributed by atoms with Crippen LogP contribution < -0.4 is 5.32 Å². The van der Waals surface area contributed by atoms with Crippen LogP contribution in [0.3, 0.4) is 0 Å². The van der Waals surface area contributed by atoms with Crippen molar-refractivity contribution in [1.82, 2.24) is 15.4 Å². The van der Waals surface area contributed by atoms with Crippen molar-refractivity contribution in [3.05, 3.63) is 17.0 Å². The van der Waals surface area contributed by atoms with Crippen molar-refractivity contribution in [2.75, 3.05) is 7.05 Å². The van der Waals surface area contributed by atoms with Crippen LogP contribution in [-0.4, -0.2) is 29.2 Å². The largest absolute Gasteiger partial charge is 0.361 e. The number of likely N-dealkylation sites (N-methyl/N-ethyl adjacent to an activating group) is 1. The van der Waals surface area contributed by atoms with Crippen molar-refractivity contribution in [1.29, 1.82) is 0 Å². The Morgan fingerprint density at radius 2 is 2.29 bits per heavy atom. The minimum Gasteiger partial charge on any atom is -0.361 e. The lowest BCUT2D eigenvalue weighted by Gasteiger charge is -2.30. The molecule has 0 saturated carbocycles. The average molecular weight is 235 g/mol. The van der Waals surface area contributed by atoms with Gasteiger partial charge in [-0.15, -0.1) is 0 Å². The molecule has 1 N–H and O–H groups in total. The molecule has 0 amide bonds. The van der Waals surface area contributed by atoms with Crippen molar-refractivity contribution in [2.45, 2.75) is 57.8 Å². The third-order valence-corrected chi connectivity index (χ3v) is 4.15. The highest BCUT2D eigenvalue weighted by Crippen LogP contribution is 2.43. The molecule has 17 heavy (non-hydrogen) atoms. The van der Waals surface area contributed by atoms with Crippen molar-refractivity contribution < 1.29 is 4.52 Å². The molecule has 1 fully saturated rings. The van der Waals surface area contributed by atoms with Crippen LogP contribution in [0.25, 0.3) is 0 Å². The Kier molecular flexibility index (Phi) is 2.71. The van der Waals surface area contributed by atoms with Crippen molar-refractivity contribution >= 4 is 0 Å². The van der Waals surface area contributed by atoms with Gasteiger partial charge >= 0.3 is 0 Å². The molecule has 4 nitrogen and oxygen atoms in total. The molecule has 3 heterocycles. The summed E-state index contributed by atoms with van der Waals surface area (Å²) < 4.78 is 5.53. The fraction of sp³-hybridized carbons (Fsp3) is 0.769. The lowest BCUT2D eigenvalue weighted by atomic mass is 9.98. The summed E-state index contributed by atoms with van der Waals surface area (Å²) in [6.45, 7) is 5.14. The lowest BCUT2D eigenvalue weighted by molar-refractivity contribution is 0.206. The third-order valence-electron chi connectivity index (χ3n) is 4.15. The highest BCUT2D eigenvalue weighted by molar-refractivity contribution is 5.32. The number of fused-ring (bicyclic) bond motifs is 4. The van der Waals surface area contributed by atoms with Crippen LogP contribution in [0.15, 0.2) is 4.52 Å². The molecule has 1 aromatic rings. The molecule has 0 aromatic carbocycles. The fourth-order valence-corrected chi connectivity index (χ4v) is 3.14. The lowest BCUT2D eigenvalue weighted by Crippen LogP contribution is -2.34. The van der Waals surface area contributed by atoms with E-state index < -0.39 is 0 Å². The predicted molar refractivity (Wildman–Crippen MR) is 65.7 cm³/mol. The van der Waals surface area contributed by atoms with Gasteiger partial charge in [-0.1, -0.05) is 19.0 Å². The maximum atomic E-state index is 5.53. The van der Waals surface area contributed by atoms with Gasteiger partial charge in [0.2, 0.25) is 0 Å². The molecule has 3 rings (SSSR count). The van der Waals surface area contributed by atoms with Crippen molar-refractivity contribution in [3.8, 4) is 0 Å². The summed E-state index contributed by atoms with van der Waals surface area (Å²) in [6, 6.07) is 1.70. The molecule has 2 bridgehead atoms. The summed E-state index contributed by atoms with van der Waals surface area (Å²) in [7, 11) is 2.23. The van der Waals surface area contributed by atoms with Crippen LogP contribution in [0.2, 0.25) is 0 Å². The third kappa shape index (κ3) is 1.79. The van der Waals surface area contributed by atoms with Crippen molar-refractivity contribution in [3.63, 3.8) is 0 Å².